The average Bonchev–Trinajstić information content (AvgIpc) is 3.06. The summed E-state index contributed by atoms with van der Waals surface area (Å²) in [5.74, 6) is -0.0117. The Labute approximate surface area is 120 Å². The number of nitrogens with two attached hydrogens (primary N) is 1. The number of amides is 2. The number of carbonyl (C=O) groups excluding carboxylic acids is 2. The predicted octanol–water partition coefficient (Wildman–Crippen LogP) is 2.59. The van der Waals surface area contributed by atoms with Crippen LogP contribution in [0.25, 0.3) is 0 Å². The fourth-order valence-corrected chi connectivity index (χ4v) is 3.16. The van der Waals surface area contributed by atoms with Crippen molar-refractivity contribution < 1.29 is 9.59 Å². The zero-order valence-corrected chi connectivity index (χ0v) is 11.5. The summed E-state index contributed by atoms with van der Waals surface area (Å²) >= 11 is 1.69. The Morgan fingerprint density at radius 3 is 2.55 bits per heavy atom. The van der Waals surface area contributed by atoms with Gasteiger partial charge in [0.25, 0.3) is 0 Å². The largest absolute Gasteiger partial charge is 0.366 e. The van der Waals surface area contributed by atoms with Gasteiger partial charge in [0.15, 0.2) is 0 Å². The Balaban J connectivity index is 1.61. The van der Waals surface area contributed by atoms with E-state index in [9.17, 15) is 9.59 Å². The first-order valence-corrected chi connectivity index (χ1v) is 7.27. The van der Waals surface area contributed by atoms with E-state index in [1.165, 1.54) is 4.88 Å². The predicted molar refractivity (Wildman–Crippen MR) is 78.8 cm³/mol. The van der Waals surface area contributed by atoms with Crippen LogP contribution in [0.15, 0.2) is 41.8 Å². The lowest BCUT2D eigenvalue weighted by Gasteiger charge is -2.05. The van der Waals surface area contributed by atoms with E-state index in [0.29, 0.717) is 17.2 Å². The molecule has 0 saturated heterocycles. The van der Waals surface area contributed by atoms with Gasteiger partial charge >= 0.3 is 0 Å². The first kappa shape index (κ1) is 12.9. The fraction of sp³-hybridized carbons (Fsp3) is 0.200. The van der Waals surface area contributed by atoms with Crippen molar-refractivity contribution in [1.29, 1.82) is 0 Å². The maximum Gasteiger partial charge on any atom is 0.248 e. The lowest BCUT2D eigenvalue weighted by Crippen LogP contribution is -2.15. The molecule has 5 heteroatoms. The summed E-state index contributed by atoms with van der Waals surface area (Å²) in [7, 11) is 0. The van der Waals surface area contributed by atoms with E-state index in [4.69, 9.17) is 5.73 Å². The fourth-order valence-electron chi connectivity index (χ4n) is 2.25. The van der Waals surface area contributed by atoms with Crippen molar-refractivity contribution in [2.24, 2.45) is 11.7 Å². The Hall–Kier alpha value is -2.14. The highest BCUT2D eigenvalue weighted by Gasteiger charge is 2.44. The zero-order valence-electron chi connectivity index (χ0n) is 10.7. The van der Waals surface area contributed by atoms with E-state index < -0.39 is 5.91 Å². The number of hydrogen-bond acceptors (Lipinski definition) is 3. The topological polar surface area (TPSA) is 72.2 Å². The summed E-state index contributed by atoms with van der Waals surface area (Å²) in [5.41, 5.74) is 6.30. The summed E-state index contributed by atoms with van der Waals surface area (Å²) < 4.78 is 0. The summed E-state index contributed by atoms with van der Waals surface area (Å²) in [4.78, 5) is 24.3. The molecule has 1 aromatic carbocycles. The van der Waals surface area contributed by atoms with Crippen LogP contribution in [0.2, 0.25) is 0 Å². The van der Waals surface area contributed by atoms with E-state index >= 15 is 0 Å². The molecule has 1 heterocycles. The molecule has 0 radical (unpaired) electrons. The minimum absolute atomic E-state index is 0.0372. The summed E-state index contributed by atoms with van der Waals surface area (Å²) in [6.07, 6.45) is 0.908. The molecule has 1 aromatic heterocycles. The molecule has 3 N–H and O–H groups in total. The van der Waals surface area contributed by atoms with Gasteiger partial charge in [-0.05, 0) is 42.1 Å². The Kier molecular flexibility index (Phi) is 3.28. The van der Waals surface area contributed by atoms with Crippen LogP contribution < -0.4 is 11.1 Å². The number of primary amides is 1. The van der Waals surface area contributed by atoms with Crippen molar-refractivity contribution in [3.8, 4) is 0 Å². The molecule has 0 aliphatic heterocycles. The van der Waals surface area contributed by atoms with Gasteiger partial charge in [0.05, 0.1) is 0 Å². The molecular weight excluding hydrogens is 272 g/mol. The molecule has 0 bridgehead atoms. The van der Waals surface area contributed by atoms with Crippen LogP contribution >= 0.6 is 11.3 Å². The quantitative estimate of drug-likeness (QED) is 0.906. The van der Waals surface area contributed by atoms with Gasteiger partial charge in [0.1, 0.15) is 0 Å². The van der Waals surface area contributed by atoms with Crippen molar-refractivity contribution >= 4 is 28.8 Å². The second-order valence-corrected chi connectivity index (χ2v) is 5.87. The van der Waals surface area contributed by atoms with Crippen LogP contribution in [0, 0.1) is 5.92 Å². The molecule has 2 aromatic rings. The number of nitrogens with one attached hydrogen (secondary N) is 1. The SMILES string of the molecule is NC(=O)c1ccc(NC(=O)C2CC2c2cccs2)cc1. The minimum atomic E-state index is -0.470. The van der Waals surface area contributed by atoms with Gasteiger partial charge in [0, 0.05) is 28.0 Å². The van der Waals surface area contributed by atoms with Crippen molar-refractivity contribution in [3.63, 3.8) is 0 Å². The first-order valence-electron chi connectivity index (χ1n) is 6.39. The van der Waals surface area contributed by atoms with Crippen molar-refractivity contribution in [2.75, 3.05) is 5.32 Å². The number of anilines is 1. The van der Waals surface area contributed by atoms with Crippen LogP contribution in [0.5, 0.6) is 0 Å². The van der Waals surface area contributed by atoms with Crippen molar-refractivity contribution in [3.05, 3.63) is 52.2 Å². The van der Waals surface area contributed by atoms with Gasteiger partial charge < -0.3 is 11.1 Å². The lowest BCUT2D eigenvalue weighted by molar-refractivity contribution is -0.117. The normalized spacial score (nSPS) is 20.4. The van der Waals surface area contributed by atoms with Crippen LogP contribution in [-0.2, 0) is 4.79 Å². The molecule has 3 rings (SSSR count). The van der Waals surface area contributed by atoms with Gasteiger partial charge in [-0.25, -0.2) is 0 Å². The second-order valence-electron chi connectivity index (χ2n) is 4.89. The van der Waals surface area contributed by atoms with E-state index in [1.54, 1.807) is 35.6 Å². The Bertz CT molecular complexity index is 634. The third kappa shape index (κ3) is 2.58. The van der Waals surface area contributed by atoms with E-state index in [0.717, 1.165) is 6.42 Å². The summed E-state index contributed by atoms with van der Waals surface area (Å²) in [5, 5.41) is 4.91. The molecule has 4 nitrogen and oxygen atoms in total. The van der Waals surface area contributed by atoms with E-state index in [-0.39, 0.29) is 11.8 Å². The molecule has 20 heavy (non-hydrogen) atoms. The number of benzene rings is 1. The lowest BCUT2D eigenvalue weighted by atomic mass is 10.2. The highest BCUT2D eigenvalue weighted by atomic mass is 32.1. The van der Waals surface area contributed by atoms with Gasteiger partial charge in [0.2, 0.25) is 11.8 Å². The monoisotopic (exact) mass is 286 g/mol. The molecular formula is C15H14N2O2S. The number of rotatable bonds is 4. The van der Waals surface area contributed by atoms with Gasteiger partial charge in [-0.3, -0.25) is 9.59 Å². The van der Waals surface area contributed by atoms with Gasteiger partial charge in [-0.1, -0.05) is 6.07 Å². The molecule has 102 valence electrons. The second kappa shape index (κ2) is 5.09. The van der Waals surface area contributed by atoms with Crippen LogP contribution in [-0.4, -0.2) is 11.8 Å². The molecule has 1 fully saturated rings. The third-order valence-electron chi connectivity index (χ3n) is 3.47. The third-order valence-corrected chi connectivity index (χ3v) is 4.48. The van der Waals surface area contributed by atoms with Crippen LogP contribution in [0.4, 0.5) is 5.69 Å². The maximum atomic E-state index is 12.1. The standard InChI is InChI=1S/C15H14N2O2S/c16-14(18)9-3-5-10(6-4-9)17-15(19)12-8-11(12)13-2-1-7-20-13/h1-7,11-12H,8H2,(H2,16,18)(H,17,19). The average molecular weight is 286 g/mol. The van der Waals surface area contributed by atoms with Crippen molar-refractivity contribution in [1.82, 2.24) is 0 Å². The molecule has 2 amide bonds. The highest BCUT2D eigenvalue weighted by Crippen LogP contribution is 2.49. The molecule has 1 saturated carbocycles. The molecule has 1 aliphatic carbocycles. The highest BCUT2D eigenvalue weighted by molar-refractivity contribution is 7.10. The van der Waals surface area contributed by atoms with Crippen molar-refractivity contribution in [2.45, 2.75) is 12.3 Å². The van der Waals surface area contributed by atoms with Gasteiger partial charge in [-0.15, -0.1) is 11.3 Å². The zero-order chi connectivity index (χ0) is 14.1. The Morgan fingerprint density at radius 2 is 1.95 bits per heavy atom. The summed E-state index contributed by atoms with van der Waals surface area (Å²) in [6, 6.07) is 10.7. The number of hydrogen-bond donors (Lipinski definition) is 2. The van der Waals surface area contributed by atoms with E-state index in [2.05, 4.69) is 11.4 Å². The van der Waals surface area contributed by atoms with E-state index in [1.807, 2.05) is 11.4 Å². The summed E-state index contributed by atoms with van der Waals surface area (Å²) in [6.45, 7) is 0. The first-order chi connectivity index (χ1) is 9.65. The molecule has 2 unspecified atom stereocenters. The number of thiophene rings is 1. The van der Waals surface area contributed by atoms with Crippen LogP contribution in [0.1, 0.15) is 27.6 Å². The molecule has 0 spiro atoms. The minimum Gasteiger partial charge on any atom is -0.366 e. The molecule has 2 atom stereocenters. The van der Waals surface area contributed by atoms with Gasteiger partial charge in [-0.2, -0.15) is 0 Å². The smallest absolute Gasteiger partial charge is 0.248 e. The number of carbonyl (C=O) groups is 2. The Morgan fingerprint density at radius 1 is 1.20 bits per heavy atom. The molecule has 1 aliphatic rings. The van der Waals surface area contributed by atoms with Crippen LogP contribution in [0.3, 0.4) is 0 Å². The maximum absolute atomic E-state index is 12.1.